The number of amides is 1. The van der Waals surface area contributed by atoms with Crippen LogP contribution in [-0.2, 0) is 23.4 Å². The first kappa shape index (κ1) is 37.1. The lowest BCUT2D eigenvalue weighted by Crippen LogP contribution is -2.28. The highest BCUT2D eigenvalue weighted by atomic mass is 16.5. The highest BCUT2D eigenvalue weighted by molar-refractivity contribution is 6.05. The van der Waals surface area contributed by atoms with Crippen molar-refractivity contribution in [2.24, 2.45) is 5.73 Å². The maximum atomic E-state index is 12.2. The fourth-order valence-electron chi connectivity index (χ4n) is 6.72. The smallest absolute Gasteiger partial charge is 0.220 e. The summed E-state index contributed by atoms with van der Waals surface area (Å²) in [4.78, 5) is 12.2. The number of fused-ring (bicyclic) bond motifs is 1. The number of nitrogens with one attached hydrogen (secondary N) is 2. The third-order valence-electron chi connectivity index (χ3n) is 9.58. The van der Waals surface area contributed by atoms with Crippen molar-refractivity contribution in [2.75, 3.05) is 25.0 Å². The van der Waals surface area contributed by atoms with E-state index in [4.69, 9.17) is 15.2 Å². The van der Waals surface area contributed by atoms with Crippen LogP contribution in [0.4, 0.5) is 17.1 Å². The second-order valence-electron chi connectivity index (χ2n) is 13.9. The normalized spacial score (nSPS) is 13.2. The topological polar surface area (TPSA) is 88.6 Å². The number of ether oxygens (including phenoxy) is 2. The molecule has 0 atom stereocenters. The molecule has 1 aliphatic heterocycles. The predicted molar refractivity (Wildman–Crippen MR) is 217 cm³/mol. The molecule has 6 rings (SSSR count). The number of hydrogen-bond donors (Lipinski definition) is 3. The van der Waals surface area contributed by atoms with Gasteiger partial charge >= 0.3 is 0 Å². The van der Waals surface area contributed by atoms with Gasteiger partial charge in [-0.2, -0.15) is 4.58 Å². The monoisotopic (exact) mass is 707 g/mol. The van der Waals surface area contributed by atoms with Crippen LogP contribution in [0.3, 0.4) is 0 Å². The minimum absolute atomic E-state index is 0.0698. The van der Waals surface area contributed by atoms with Crippen LogP contribution in [0, 0.1) is 0 Å². The molecule has 7 heteroatoms. The SMILES string of the molecule is CC1(C)C(/C=C/c2ccc(OCc3ccccc3)c(OCc3ccccc3)c2)=[N+](CCCCCC(=O)NCCN)c2ccc(Nc3ccccc3)cc21. The van der Waals surface area contributed by atoms with E-state index in [1.807, 2.05) is 60.7 Å². The van der Waals surface area contributed by atoms with Gasteiger partial charge in [-0.25, -0.2) is 0 Å². The van der Waals surface area contributed by atoms with Gasteiger partial charge in [-0.1, -0.05) is 84.9 Å². The summed E-state index contributed by atoms with van der Waals surface area (Å²) in [6.45, 7) is 7.33. The van der Waals surface area contributed by atoms with Crippen LogP contribution in [-0.4, -0.2) is 35.8 Å². The number of rotatable bonds is 18. The number of unbranched alkanes of at least 4 members (excludes halogenated alkanes) is 2. The minimum Gasteiger partial charge on any atom is -0.485 e. The molecule has 272 valence electrons. The molecule has 1 amide bonds. The van der Waals surface area contributed by atoms with Gasteiger partial charge in [0.1, 0.15) is 19.8 Å². The molecule has 53 heavy (non-hydrogen) atoms. The fourth-order valence-corrected chi connectivity index (χ4v) is 6.72. The number of benzene rings is 5. The number of para-hydroxylation sites is 1. The van der Waals surface area contributed by atoms with Crippen LogP contribution in [0.2, 0.25) is 0 Å². The fraction of sp³-hybridized carbons (Fsp3) is 0.261. The zero-order valence-corrected chi connectivity index (χ0v) is 30.9. The summed E-state index contributed by atoms with van der Waals surface area (Å²) >= 11 is 0. The molecule has 4 N–H and O–H groups in total. The number of carbonyl (C=O) groups excluding carboxylic acids is 1. The van der Waals surface area contributed by atoms with E-state index in [1.54, 1.807) is 0 Å². The summed E-state index contributed by atoms with van der Waals surface area (Å²) in [5, 5.41) is 6.46. The zero-order chi connectivity index (χ0) is 36.9. The first-order valence-electron chi connectivity index (χ1n) is 18.6. The van der Waals surface area contributed by atoms with Gasteiger partial charge in [0.05, 0.1) is 5.41 Å². The average Bonchev–Trinajstić information content (AvgIpc) is 3.40. The van der Waals surface area contributed by atoms with Crippen molar-refractivity contribution >= 4 is 34.8 Å². The zero-order valence-electron chi connectivity index (χ0n) is 30.9. The molecular weight excluding hydrogens is 657 g/mol. The summed E-state index contributed by atoms with van der Waals surface area (Å²) in [7, 11) is 0. The van der Waals surface area contributed by atoms with Crippen molar-refractivity contribution in [2.45, 2.75) is 58.2 Å². The third-order valence-corrected chi connectivity index (χ3v) is 9.58. The molecule has 0 radical (unpaired) electrons. The first-order valence-corrected chi connectivity index (χ1v) is 18.6. The Kier molecular flexibility index (Phi) is 12.7. The van der Waals surface area contributed by atoms with Crippen LogP contribution in [0.5, 0.6) is 11.5 Å². The summed E-state index contributed by atoms with van der Waals surface area (Å²) in [6, 6.07) is 43.5. The standard InChI is InChI=1S/C46H50N4O3/c1-46(2)40-32-39(49-38-19-11-5-12-20-38)24-25-41(40)50(30-14-6-13-21-45(51)48-29-28-47)44(46)27-23-35-22-26-42(52-33-36-15-7-3-8-16-36)43(31-35)53-34-37-17-9-4-10-18-37/h3-5,7-12,15-20,22-27,31-32,49H,6,13-14,21,28-30,33-34,47H2,1-2H3/p+1/b27-23+. The molecule has 0 aromatic heterocycles. The molecule has 0 saturated carbocycles. The quantitative estimate of drug-likeness (QED) is 0.0624. The average molecular weight is 708 g/mol. The number of anilines is 2. The molecular formula is C46H51N4O3+. The van der Waals surface area contributed by atoms with Gasteiger partial charge in [0.2, 0.25) is 11.6 Å². The van der Waals surface area contributed by atoms with Crippen LogP contribution in [0.25, 0.3) is 6.08 Å². The van der Waals surface area contributed by atoms with Gasteiger partial charge < -0.3 is 25.8 Å². The second kappa shape index (κ2) is 18.2. The van der Waals surface area contributed by atoms with E-state index in [1.165, 1.54) is 17.0 Å². The van der Waals surface area contributed by atoms with E-state index in [9.17, 15) is 4.79 Å². The summed E-state index contributed by atoms with van der Waals surface area (Å²) in [5.41, 5.74) is 14.3. The highest BCUT2D eigenvalue weighted by Gasteiger charge is 2.44. The molecule has 0 aliphatic carbocycles. The third kappa shape index (κ3) is 10.0. The molecule has 0 unspecified atom stereocenters. The van der Waals surface area contributed by atoms with Crippen LogP contribution in [0.1, 0.15) is 61.8 Å². The Bertz CT molecular complexity index is 2010. The molecule has 0 saturated heterocycles. The Morgan fingerprint density at radius 3 is 2.06 bits per heavy atom. The molecule has 0 bridgehead atoms. The van der Waals surface area contributed by atoms with Crippen LogP contribution >= 0.6 is 0 Å². The Hall–Kier alpha value is -5.66. The molecule has 5 aromatic carbocycles. The van der Waals surface area contributed by atoms with Gasteiger partial charge in [-0.15, -0.1) is 0 Å². The molecule has 1 aliphatic rings. The van der Waals surface area contributed by atoms with Crippen LogP contribution < -0.4 is 25.8 Å². The minimum atomic E-state index is -0.256. The largest absolute Gasteiger partial charge is 0.485 e. The lowest BCUT2D eigenvalue weighted by Gasteiger charge is -2.17. The summed E-state index contributed by atoms with van der Waals surface area (Å²) in [6.07, 6.45) is 7.72. The number of hydrogen-bond acceptors (Lipinski definition) is 5. The van der Waals surface area contributed by atoms with E-state index < -0.39 is 0 Å². The lowest BCUT2D eigenvalue weighted by molar-refractivity contribution is -0.438. The van der Waals surface area contributed by atoms with Crippen molar-refractivity contribution in [3.63, 3.8) is 0 Å². The van der Waals surface area contributed by atoms with Gasteiger partial charge in [0.15, 0.2) is 17.2 Å². The number of allylic oxidation sites excluding steroid dienone is 1. The van der Waals surface area contributed by atoms with Crippen molar-refractivity contribution in [1.29, 1.82) is 0 Å². The molecule has 0 spiro atoms. The van der Waals surface area contributed by atoms with Crippen molar-refractivity contribution in [3.05, 3.63) is 156 Å². The molecule has 5 aromatic rings. The Balaban J connectivity index is 1.26. The number of nitrogens with two attached hydrogens (primary N) is 1. The molecule has 1 heterocycles. The number of carbonyl (C=O) groups is 1. The summed E-state index contributed by atoms with van der Waals surface area (Å²) < 4.78 is 15.1. The Labute approximate surface area is 314 Å². The van der Waals surface area contributed by atoms with Crippen molar-refractivity contribution in [1.82, 2.24) is 5.32 Å². The van der Waals surface area contributed by atoms with Crippen LogP contribution in [0.15, 0.2) is 133 Å². The van der Waals surface area contributed by atoms with E-state index in [2.05, 4.69) is 108 Å². The van der Waals surface area contributed by atoms with Gasteiger partial charge in [-0.05, 0) is 85.9 Å². The molecule has 7 nitrogen and oxygen atoms in total. The lowest BCUT2D eigenvalue weighted by atomic mass is 9.81. The van der Waals surface area contributed by atoms with E-state index in [0.29, 0.717) is 44.2 Å². The number of nitrogens with zero attached hydrogens (tertiary/aromatic N) is 1. The van der Waals surface area contributed by atoms with Crippen molar-refractivity contribution < 1.29 is 18.8 Å². The van der Waals surface area contributed by atoms with E-state index >= 15 is 0 Å². The summed E-state index contributed by atoms with van der Waals surface area (Å²) in [5.74, 6) is 1.48. The van der Waals surface area contributed by atoms with Gasteiger partial charge in [0, 0.05) is 55.0 Å². The Morgan fingerprint density at radius 1 is 0.717 bits per heavy atom. The maximum Gasteiger partial charge on any atom is 0.220 e. The Morgan fingerprint density at radius 2 is 1.38 bits per heavy atom. The van der Waals surface area contributed by atoms with Crippen molar-refractivity contribution in [3.8, 4) is 11.5 Å². The van der Waals surface area contributed by atoms with E-state index in [0.717, 1.165) is 53.9 Å². The molecule has 0 fully saturated rings. The van der Waals surface area contributed by atoms with Gasteiger partial charge in [0.25, 0.3) is 0 Å². The van der Waals surface area contributed by atoms with E-state index in [-0.39, 0.29) is 11.3 Å². The van der Waals surface area contributed by atoms with Gasteiger partial charge in [-0.3, -0.25) is 4.79 Å². The highest BCUT2D eigenvalue weighted by Crippen LogP contribution is 2.42. The second-order valence-corrected chi connectivity index (χ2v) is 13.9. The maximum absolute atomic E-state index is 12.2. The first-order chi connectivity index (χ1) is 25.9. The predicted octanol–water partition coefficient (Wildman–Crippen LogP) is 9.31.